The molecule has 0 spiro atoms. The molecule has 0 N–H and O–H groups in total. The molecule has 12 heteroatoms. The molecule has 0 fully saturated rings. The number of methoxy groups -OCH3 is 2. The largest absolute Gasteiger partial charge is 0.466 e. The molecule has 1 aliphatic heterocycles. The Balaban J connectivity index is 2.16. The number of nitro groups is 1. The smallest absolute Gasteiger partial charge is 0.355 e. The molecule has 0 saturated heterocycles. The summed E-state index contributed by atoms with van der Waals surface area (Å²) >= 11 is 0. The summed E-state index contributed by atoms with van der Waals surface area (Å²) < 4.78 is 40.9. The van der Waals surface area contributed by atoms with Gasteiger partial charge in [0, 0.05) is 12.1 Å². The highest BCUT2D eigenvalue weighted by Crippen LogP contribution is 2.33. The highest BCUT2D eigenvalue weighted by atomic mass is 32.2. The number of benzene rings is 2. The molecule has 174 valence electrons. The summed E-state index contributed by atoms with van der Waals surface area (Å²) in [6.45, 7) is -0.550. The van der Waals surface area contributed by atoms with Crippen molar-refractivity contribution in [1.82, 2.24) is 0 Å². The van der Waals surface area contributed by atoms with Crippen LogP contribution in [-0.2, 0) is 39.4 Å². The zero-order chi connectivity index (χ0) is 24.2. The van der Waals surface area contributed by atoms with Crippen LogP contribution in [0.15, 0.2) is 64.7 Å². The highest BCUT2D eigenvalue weighted by Gasteiger charge is 2.34. The standard InChI is InChI=1S/C21H20N2O9S/c1-30-20(24)18-11-32-13-22(19(18)21(25)31-2)15-8-16(23(26)27)10-17(9-15)33(28,29)12-14-6-4-3-5-7-14/h3-10H,11-13H2,1-2H3. The normalized spacial score (nSPS) is 14.1. The van der Waals surface area contributed by atoms with Gasteiger partial charge < -0.3 is 19.1 Å². The van der Waals surface area contributed by atoms with Crippen LogP contribution in [0.3, 0.4) is 0 Å². The van der Waals surface area contributed by atoms with Gasteiger partial charge in [0.25, 0.3) is 5.69 Å². The van der Waals surface area contributed by atoms with E-state index in [2.05, 4.69) is 4.74 Å². The number of anilines is 1. The summed E-state index contributed by atoms with van der Waals surface area (Å²) in [5, 5.41) is 11.5. The number of esters is 2. The van der Waals surface area contributed by atoms with E-state index in [0.29, 0.717) is 5.56 Å². The molecular formula is C21H20N2O9S. The maximum Gasteiger partial charge on any atom is 0.355 e. The molecule has 0 atom stereocenters. The van der Waals surface area contributed by atoms with E-state index in [-0.39, 0.29) is 35.2 Å². The summed E-state index contributed by atoms with van der Waals surface area (Å²) in [5.41, 5.74) is -0.501. The van der Waals surface area contributed by atoms with E-state index in [4.69, 9.17) is 9.47 Å². The van der Waals surface area contributed by atoms with E-state index < -0.39 is 38.1 Å². The maximum absolute atomic E-state index is 13.1. The molecule has 0 aliphatic carbocycles. The average molecular weight is 476 g/mol. The molecule has 1 aliphatic rings. The van der Waals surface area contributed by atoms with Crippen molar-refractivity contribution in [3.05, 3.63) is 75.5 Å². The molecule has 0 unspecified atom stereocenters. The Morgan fingerprint density at radius 3 is 2.36 bits per heavy atom. The first-order chi connectivity index (χ1) is 15.7. The number of carbonyl (C=O) groups excluding carboxylic acids is 2. The molecule has 2 aromatic carbocycles. The zero-order valence-corrected chi connectivity index (χ0v) is 18.5. The lowest BCUT2D eigenvalue weighted by molar-refractivity contribution is -0.385. The van der Waals surface area contributed by atoms with Crippen molar-refractivity contribution >= 4 is 33.2 Å². The Morgan fingerprint density at radius 1 is 1.09 bits per heavy atom. The number of ether oxygens (including phenoxy) is 3. The minimum absolute atomic E-state index is 0.0441. The summed E-state index contributed by atoms with van der Waals surface area (Å²) in [6, 6.07) is 11.5. The van der Waals surface area contributed by atoms with Crippen molar-refractivity contribution < 1.29 is 37.1 Å². The van der Waals surface area contributed by atoms with Crippen LogP contribution in [0.1, 0.15) is 5.56 Å². The van der Waals surface area contributed by atoms with Crippen molar-refractivity contribution in [2.45, 2.75) is 10.6 Å². The van der Waals surface area contributed by atoms with Crippen molar-refractivity contribution in [1.29, 1.82) is 0 Å². The predicted octanol–water partition coefficient (Wildman–Crippen LogP) is 1.96. The molecule has 1 heterocycles. The van der Waals surface area contributed by atoms with Crippen LogP contribution in [0.25, 0.3) is 0 Å². The Kier molecular flexibility index (Phi) is 7.09. The maximum atomic E-state index is 13.1. The second-order valence-electron chi connectivity index (χ2n) is 6.90. The number of non-ortho nitro benzene ring substituents is 1. The van der Waals surface area contributed by atoms with Crippen LogP contribution < -0.4 is 4.90 Å². The second kappa shape index (κ2) is 9.79. The highest BCUT2D eigenvalue weighted by molar-refractivity contribution is 7.90. The van der Waals surface area contributed by atoms with Gasteiger partial charge in [0.15, 0.2) is 9.84 Å². The average Bonchev–Trinajstić information content (AvgIpc) is 2.82. The molecule has 0 saturated carbocycles. The number of rotatable bonds is 7. The van der Waals surface area contributed by atoms with Crippen molar-refractivity contribution in [3.63, 3.8) is 0 Å². The van der Waals surface area contributed by atoms with Gasteiger partial charge in [-0.2, -0.15) is 0 Å². The van der Waals surface area contributed by atoms with Gasteiger partial charge >= 0.3 is 11.9 Å². The van der Waals surface area contributed by atoms with E-state index in [1.54, 1.807) is 30.3 Å². The first-order valence-corrected chi connectivity index (χ1v) is 11.1. The monoisotopic (exact) mass is 476 g/mol. The van der Waals surface area contributed by atoms with Crippen LogP contribution in [0, 0.1) is 10.1 Å². The molecular weight excluding hydrogens is 456 g/mol. The van der Waals surface area contributed by atoms with Crippen molar-refractivity contribution in [3.8, 4) is 0 Å². The minimum atomic E-state index is -4.00. The zero-order valence-electron chi connectivity index (χ0n) is 17.7. The van der Waals surface area contributed by atoms with Gasteiger partial charge in [0.1, 0.15) is 12.4 Å². The van der Waals surface area contributed by atoms with Gasteiger partial charge in [0.05, 0.1) is 47.7 Å². The first-order valence-electron chi connectivity index (χ1n) is 9.49. The Bertz CT molecular complexity index is 1220. The molecule has 2 aromatic rings. The van der Waals surface area contributed by atoms with Crippen molar-refractivity contribution in [2.24, 2.45) is 0 Å². The number of sulfone groups is 1. The lowest BCUT2D eigenvalue weighted by Crippen LogP contribution is -2.38. The fourth-order valence-corrected chi connectivity index (χ4v) is 4.63. The number of hydrogen-bond donors (Lipinski definition) is 0. The predicted molar refractivity (Wildman–Crippen MR) is 115 cm³/mol. The Hall–Kier alpha value is -3.77. The SMILES string of the molecule is COC(=O)C1=C(C(=O)OC)N(c2cc([N+](=O)[O-])cc(S(=O)(=O)Cc3ccccc3)c2)COC1. The minimum Gasteiger partial charge on any atom is -0.466 e. The number of hydrogen-bond acceptors (Lipinski definition) is 10. The summed E-state index contributed by atoms with van der Waals surface area (Å²) in [4.78, 5) is 36.3. The van der Waals surface area contributed by atoms with Gasteiger partial charge in [-0.25, -0.2) is 18.0 Å². The quantitative estimate of drug-likeness (QED) is 0.330. The van der Waals surface area contributed by atoms with E-state index in [9.17, 15) is 28.1 Å². The Labute approximate surface area is 189 Å². The summed E-state index contributed by atoms with van der Waals surface area (Å²) in [6.07, 6.45) is 0. The molecule has 3 rings (SSSR count). The topological polar surface area (TPSA) is 142 Å². The third-order valence-electron chi connectivity index (χ3n) is 4.79. The molecule has 0 amide bonds. The van der Waals surface area contributed by atoms with Crippen LogP contribution in [0.5, 0.6) is 0 Å². The van der Waals surface area contributed by atoms with Crippen LogP contribution in [0.4, 0.5) is 11.4 Å². The van der Waals surface area contributed by atoms with Gasteiger partial charge in [-0.3, -0.25) is 10.1 Å². The third-order valence-corrected chi connectivity index (χ3v) is 6.46. The van der Waals surface area contributed by atoms with Crippen LogP contribution in [0.2, 0.25) is 0 Å². The molecule has 33 heavy (non-hydrogen) atoms. The van der Waals surface area contributed by atoms with E-state index >= 15 is 0 Å². The lowest BCUT2D eigenvalue weighted by atomic mass is 10.1. The van der Waals surface area contributed by atoms with Crippen LogP contribution >= 0.6 is 0 Å². The van der Waals surface area contributed by atoms with Gasteiger partial charge in [-0.05, 0) is 11.6 Å². The number of nitro benzene ring substituents is 1. The summed E-state index contributed by atoms with van der Waals surface area (Å²) in [7, 11) is -1.79. The molecule has 11 nitrogen and oxygen atoms in total. The van der Waals surface area contributed by atoms with E-state index in [1.807, 2.05) is 0 Å². The van der Waals surface area contributed by atoms with E-state index in [1.165, 1.54) is 6.07 Å². The Morgan fingerprint density at radius 2 is 1.76 bits per heavy atom. The molecule has 0 aromatic heterocycles. The fraction of sp³-hybridized carbons (Fsp3) is 0.238. The van der Waals surface area contributed by atoms with Crippen LogP contribution in [-0.4, -0.2) is 52.8 Å². The molecule has 0 radical (unpaired) electrons. The molecule has 0 bridgehead atoms. The second-order valence-corrected chi connectivity index (χ2v) is 8.89. The van der Waals surface area contributed by atoms with Gasteiger partial charge in [0.2, 0.25) is 0 Å². The van der Waals surface area contributed by atoms with Crippen molar-refractivity contribution in [2.75, 3.05) is 32.5 Å². The van der Waals surface area contributed by atoms with E-state index in [0.717, 1.165) is 31.3 Å². The summed E-state index contributed by atoms with van der Waals surface area (Å²) in [5.74, 6) is -2.17. The number of nitrogens with zero attached hydrogens (tertiary/aromatic N) is 2. The fourth-order valence-electron chi connectivity index (χ4n) is 3.23. The van der Waals surface area contributed by atoms with Gasteiger partial charge in [-0.1, -0.05) is 30.3 Å². The third kappa shape index (κ3) is 5.18. The lowest BCUT2D eigenvalue weighted by Gasteiger charge is -2.31. The first kappa shape index (κ1) is 23.9. The number of carbonyl (C=O) groups is 2. The van der Waals surface area contributed by atoms with Gasteiger partial charge in [-0.15, -0.1) is 0 Å².